The number of ether oxygens (including phenoxy) is 1. The molecule has 188 valence electrons. The zero-order valence-corrected chi connectivity index (χ0v) is 19.6. The van der Waals surface area contributed by atoms with Crippen LogP contribution in [0.4, 0.5) is 17.6 Å². The van der Waals surface area contributed by atoms with Crippen LogP contribution in [0.1, 0.15) is 37.0 Å². The molecule has 0 aromatic heterocycles. The first-order valence-corrected chi connectivity index (χ1v) is 11.2. The third kappa shape index (κ3) is 4.83. The van der Waals surface area contributed by atoms with Gasteiger partial charge < -0.3 is 9.84 Å². The molecule has 1 heterocycles. The van der Waals surface area contributed by atoms with E-state index in [1.165, 1.54) is 12.1 Å². The highest BCUT2D eigenvalue weighted by Gasteiger charge is 2.63. The second kappa shape index (κ2) is 9.39. The zero-order chi connectivity index (χ0) is 26.1. The van der Waals surface area contributed by atoms with E-state index < -0.39 is 36.7 Å². The largest absolute Gasteiger partial charge is 0.484 e. The Bertz CT molecular complexity index is 1260. The van der Waals surface area contributed by atoms with Crippen LogP contribution in [0.3, 0.4) is 0 Å². The maximum Gasteiger partial charge on any atom is 0.438 e. The standard InChI is InChI=1S/C27H24F4N2O3/c1-25(2,19-6-4-3-5-7-19)20-10-14-22(15-11-20)36-17-24(34)33-26(35,27(29,30)31)16-23(32-33)18-8-12-21(28)13-9-18/h3-15,35H,16-17H2,1-2H3/t26-/m0/s1. The molecule has 36 heavy (non-hydrogen) atoms. The lowest BCUT2D eigenvalue weighted by molar-refractivity contribution is -0.302. The van der Waals surface area contributed by atoms with Crippen molar-refractivity contribution in [1.82, 2.24) is 5.01 Å². The first-order valence-electron chi connectivity index (χ1n) is 11.2. The summed E-state index contributed by atoms with van der Waals surface area (Å²) in [5.74, 6) is -1.49. The number of rotatable bonds is 6. The highest BCUT2D eigenvalue weighted by atomic mass is 19.4. The number of nitrogens with zero attached hydrogens (tertiary/aromatic N) is 2. The highest BCUT2D eigenvalue weighted by molar-refractivity contribution is 6.03. The molecule has 0 spiro atoms. The van der Waals surface area contributed by atoms with Crippen LogP contribution in [0, 0.1) is 5.82 Å². The molecule has 3 aromatic carbocycles. The monoisotopic (exact) mass is 500 g/mol. The molecule has 1 aliphatic rings. The predicted octanol–water partition coefficient (Wildman–Crippen LogP) is 5.42. The third-order valence-electron chi connectivity index (χ3n) is 6.29. The molecular weight excluding hydrogens is 476 g/mol. The molecule has 3 aromatic rings. The highest BCUT2D eigenvalue weighted by Crippen LogP contribution is 2.41. The average molecular weight is 500 g/mol. The van der Waals surface area contributed by atoms with Crippen molar-refractivity contribution in [2.75, 3.05) is 6.61 Å². The van der Waals surface area contributed by atoms with Gasteiger partial charge in [0.05, 0.1) is 12.1 Å². The van der Waals surface area contributed by atoms with Crippen LogP contribution in [0.2, 0.25) is 0 Å². The quantitative estimate of drug-likeness (QED) is 0.460. The number of alkyl halides is 3. The van der Waals surface area contributed by atoms with Crippen molar-refractivity contribution in [3.05, 3.63) is 101 Å². The van der Waals surface area contributed by atoms with Gasteiger partial charge in [-0.05, 0) is 41.0 Å². The number of hydrogen-bond donors (Lipinski definition) is 1. The minimum atomic E-state index is -5.18. The minimum absolute atomic E-state index is 0.00141. The van der Waals surface area contributed by atoms with E-state index in [4.69, 9.17) is 4.74 Å². The first kappa shape index (κ1) is 25.4. The van der Waals surface area contributed by atoms with E-state index in [1.54, 1.807) is 12.1 Å². The fraction of sp³-hybridized carbons (Fsp3) is 0.259. The summed E-state index contributed by atoms with van der Waals surface area (Å²) in [7, 11) is 0. The van der Waals surface area contributed by atoms with Gasteiger partial charge in [0, 0.05) is 5.41 Å². The first-order chi connectivity index (χ1) is 16.9. The Morgan fingerprint density at radius 3 is 2.14 bits per heavy atom. The van der Waals surface area contributed by atoms with E-state index in [0.29, 0.717) is 0 Å². The number of carbonyl (C=O) groups is 1. The van der Waals surface area contributed by atoms with Crippen molar-refractivity contribution in [2.45, 2.75) is 37.6 Å². The van der Waals surface area contributed by atoms with E-state index in [0.717, 1.165) is 23.3 Å². The van der Waals surface area contributed by atoms with Crippen LogP contribution in [0.15, 0.2) is 84.0 Å². The van der Waals surface area contributed by atoms with Gasteiger partial charge in [-0.3, -0.25) is 4.79 Å². The van der Waals surface area contributed by atoms with Crippen LogP contribution in [-0.4, -0.2) is 40.2 Å². The summed E-state index contributed by atoms with van der Waals surface area (Å²) in [5, 5.41) is 14.1. The lowest BCUT2D eigenvalue weighted by Crippen LogP contribution is -2.57. The molecule has 0 bridgehead atoms. The second-order valence-corrected chi connectivity index (χ2v) is 9.05. The Kier molecular flexibility index (Phi) is 6.62. The molecule has 1 N–H and O–H groups in total. The summed E-state index contributed by atoms with van der Waals surface area (Å²) in [4.78, 5) is 12.7. The molecule has 1 amide bonds. The summed E-state index contributed by atoms with van der Waals surface area (Å²) < 4.78 is 59.9. The van der Waals surface area contributed by atoms with Crippen LogP contribution >= 0.6 is 0 Å². The van der Waals surface area contributed by atoms with Gasteiger partial charge in [0.2, 0.25) is 0 Å². The Morgan fingerprint density at radius 1 is 0.972 bits per heavy atom. The van der Waals surface area contributed by atoms with Gasteiger partial charge in [0.15, 0.2) is 6.61 Å². The molecule has 4 rings (SSSR count). The van der Waals surface area contributed by atoms with E-state index >= 15 is 0 Å². The normalized spacial score (nSPS) is 18.2. The summed E-state index contributed by atoms with van der Waals surface area (Å²) in [5.41, 5.74) is -1.81. The Morgan fingerprint density at radius 2 is 1.56 bits per heavy atom. The van der Waals surface area contributed by atoms with Gasteiger partial charge in [-0.2, -0.15) is 23.3 Å². The molecule has 0 saturated heterocycles. The number of carbonyl (C=O) groups excluding carboxylic acids is 1. The lowest BCUT2D eigenvalue weighted by Gasteiger charge is -2.32. The molecule has 9 heteroatoms. The molecule has 0 fully saturated rings. The number of halogens is 4. The number of hydrazone groups is 1. The van der Waals surface area contributed by atoms with E-state index in [-0.39, 0.29) is 27.4 Å². The fourth-order valence-electron chi connectivity index (χ4n) is 4.03. The maximum atomic E-state index is 13.7. The van der Waals surface area contributed by atoms with Crippen molar-refractivity contribution in [2.24, 2.45) is 5.10 Å². The van der Waals surface area contributed by atoms with Crippen LogP contribution in [0.5, 0.6) is 5.75 Å². The van der Waals surface area contributed by atoms with Crippen molar-refractivity contribution in [1.29, 1.82) is 0 Å². The second-order valence-electron chi connectivity index (χ2n) is 9.05. The Hall–Kier alpha value is -3.72. The molecule has 5 nitrogen and oxygen atoms in total. The summed E-state index contributed by atoms with van der Waals surface area (Å²) in [6.07, 6.45) is -6.17. The van der Waals surface area contributed by atoms with E-state index in [2.05, 4.69) is 18.9 Å². The van der Waals surface area contributed by atoms with Crippen molar-refractivity contribution in [3.8, 4) is 5.75 Å². The van der Waals surface area contributed by atoms with Crippen molar-refractivity contribution < 1.29 is 32.2 Å². The van der Waals surface area contributed by atoms with Gasteiger partial charge in [-0.1, -0.05) is 68.4 Å². The van der Waals surface area contributed by atoms with E-state index in [9.17, 15) is 27.5 Å². The lowest BCUT2D eigenvalue weighted by atomic mass is 9.78. The van der Waals surface area contributed by atoms with E-state index in [1.807, 2.05) is 42.5 Å². The Balaban J connectivity index is 1.50. The van der Waals surface area contributed by atoms with Gasteiger partial charge in [-0.15, -0.1) is 0 Å². The molecule has 0 unspecified atom stereocenters. The smallest absolute Gasteiger partial charge is 0.438 e. The number of aliphatic hydroxyl groups is 1. The SMILES string of the molecule is CC(C)(c1ccccc1)c1ccc(OCC(=O)N2N=C(c3ccc(F)cc3)C[C@]2(O)C(F)(F)F)cc1. The molecule has 0 radical (unpaired) electrons. The molecule has 0 aliphatic carbocycles. The predicted molar refractivity (Wildman–Crippen MR) is 126 cm³/mol. The fourth-order valence-corrected chi connectivity index (χ4v) is 4.03. The van der Waals surface area contributed by atoms with Crippen LogP contribution in [-0.2, 0) is 10.2 Å². The molecule has 1 aliphatic heterocycles. The number of benzene rings is 3. The van der Waals surface area contributed by atoms with Gasteiger partial charge in [0.25, 0.3) is 11.6 Å². The van der Waals surface area contributed by atoms with Gasteiger partial charge >= 0.3 is 6.18 Å². The summed E-state index contributed by atoms with van der Waals surface area (Å²) >= 11 is 0. The van der Waals surface area contributed by atoms with Crippen molar-refractivity contribution >= 4 is 11.6 Å². The van der Waals surface area contributed by atoms with Gasteiger partial charge in [0.1, 0.15) is 11.6 Å². The topological polar surface area (TPSA) is 62.1 Å². The van der Waals surface area contributed by atoms with Crippen LogP contribution < -0.4 is 4.74 Å². The molecule has 0 saturated carbocycles. The number of hydrogen-bond acceptors (Lipinski definition) is 4. The molecular formula is C27H24F4N2O3. The average Bonchev–Trinajstić information content (AvgIpc) is 3.23. The number of amides is 1. The maximum absolute atomic E-state index is 13.7. The molecule has 1 atom stereocenters. The van der Waals surface area contributed by atoms with Crippen LogP contribution in [0.25, 0.3) is 0 Å². The van der Waals surface area contributed by atoms with Crippen molar-refractivity contribution in [3.63, 3.8) is 0 Å². The Labute approximate surface area is 205 Å². The zero-order valence-electron chi connectivity index (χ0n) is 19.6. The minimum Gasteiger partial charge on any atom is -0.484 e. The summed E-state index contributed by atoms with van der Waals surface area (Å²) in [6.45, 7) is 3.34. The third-order valence-corrected chi connectivity index (χ3v) is 6.29. The summed E-state index contributed by atoms with van der Waals surface area (Å²) in [6, 6.07) is 21.3. The van der Waals surface area contributed by atoms with Gasteiger partial charge in [-0.25, -0.2) is 4.39 Å².